The van der Waals surface area contributed by atoms with Gasteiger partial charge in [-0.3, -0.25) is 14.4 Å². The first-order valence-corrected chi connectivity index (χ1v) is 4.97. The van der Waals surface area contributed by atoms with E-state index in [1.54, 1.807) is 0 Å². The van der Waals surface area contributed by atoms with Crippen molar-refractivity contribution < 1.29 is 32.7 Å². The zero-order chi connectivity index (χ0) is 14.3. The Kier molecular flexibility index (Phi) is 6.14. The van der Waals surface area contributed by atoms with Gasteiger partial charge in [0, 0.05) is 26.6 Å². The molecule has 0 aromatic heterocycles. The lowest BCUT2D eigenvalue weighted by molar-refractivity contribution is -0.185. The van der Waals surface area contributed by atoms with E-state index in [0.717, 1.165) is 0 Å². The van der Waals surface area contributed by atoms with Crippen LogP contribution in [0.4, 0.5) is 13.2 Å². The van der Waals surface area contributed by atoms with E-state index in [2.05, 4.69) is 5.32 Å². The molecule has 0 rings (SSSR count). The number of carboxylic acid groups (broad SMARTS) is 1. The van der Waals surface area contributed by atoms with Crippen molar-refractivity contribution >= 4 is 17.8 Å². The standard InChI is InChI=1S/C9H13F3N2O4/c1-6(15)13-3-5-14(4-2-7(16)17)8(18)9(10,11)12/h2-5H2,1H3,(H,13,15)(H,16,17). The number of amides is 2. The molecule has 0 aliphatic carbocycles. The van der Waals surface area contributed by atoms with Gasteiger partial charge in [-0.2, -0.15) is 13.2 Å². The smallest absolute Gasteiger partial charge is 0.471 e. The number of nitrogens with one attached hydrogen (secondary N) is 1. The molecule has 6 nitrogen and oxygen atoms in total. The molecule has 0 heterocycles. The van der Waals surface area contributed by atoms with Crippen molar-refractivity contribution in [1.29, 1.82) is 0 Å². The van der Waals surface area contributed by atoms with Crippen LogP contribution >= 0.6 is 0 Å². The average molecular weight is 270 g/mol. The summed E-state index contributed by atoms with van der Waals surface area (Å²) < 4.78 is 36.6. The quantitative estimate of drug-likeness (QED) is 0.710. The minimum absolute atomic E-state index is 0.170. The summed E-state index contributed by atoms with van der Waals surface area (Å²) in [7, 11) is 0. The number of halogens is 3. The van der Waals surface area contributed by atoms with Crippen molar-refractivity contribution in [2.75, 3.05) is 19.6 Å². The summed E-state index contributed by atoms with van der Waals surface area (Å²) in [6.45, 7) is 0.0441. The van der Waals surface area contributed by atoms with Crippen LogP contribution in [0.1, 0.15) is 13.3 Å². The van der Waals surface area contributed by atoms with Crippen LogP contribution in [0.15, 0.2) is 0 Å². The molecule has 2 amide bonds. The Balaban J connectivity index is 4.46. The van der Waals surface area contributed by atoms with E-state index in [1.165, 1.54) is 6.92 Å². The second-order valence-corrected chi connectivity index (χ2v) is 3.42. The van der Waals surface area contributed by atoms with Crippen LogP contribution in [-0.4, -0.2) is 53.6 Å². The van der Waals surface area contributed by atoms with E-state index in [-0.39, 0.29) is 6.54 Å². The van der Waals surface area contributed by atoms with Gasteiger partial charge < -0.3 is 15.3 Å². The first kappa shape index (κ1) is 16.2. The van der Waals surface area contributed by atoms with Crippen molar-refractivity contribution in [2.24, 2.45) is 0 Å². The molecule has 0 saturated carbocycles. The van der Waals surface area contributed by atoms with Gasteiger partial charge in [0.25, 0.3) is 0 Å². The lowest BCUT2D eigenvalue weighted by Gasteiger charge is -2.23. The predicted octanol–water partition coefficient (Wildman–Crippen LogP) is -0.0119. The first-order chi connectivity index (χ1) is 8.14. The lowest BCUT2D eigenvalue weighted by Crippen LogP contribution is -2.45. The summed E-state index contributed by atoms with van der Waals surface area (Å²) in [6, 6.07) is 0. The summed E-state index contributed by atoms with van der Waals surface area (Å²) in [5.41, 5.74) is 0. The minimum atomic E-state index is -5.06. The fourth-order valence-electron chi connectivity index (χ4n) is 1.09. The fourth-order valence-corrected chi connectivity index (χ4v) is 1.09. The number of alkyl halides is 3. The highest BCUT2D eigenvalue weighted by molar-refractivity contribution is 5.82. The lowest BCUT2D eigenvalue weighted by atomic mass is 10.3. The fraction of sp³-hybridized carbons (Fsp3) is 0.667. The average Bonchev–Trinajstić information content (AvgIpc) is 2.20. The zero-order valence-corrected chi connectivity index (χ0v) is 9.58. The van der Waals surface area contributed by atoms with Gasteiger partial charge in [0.1, 0.15) is 0 Å². The summed E-state index contributed by atoms with van der Waals surface area (Å²) in [5.74, 6) is -3.88. The molecule has 0 unspecified atom stereocenters. The largest absolute Gasteiger partial charge is 0.481 e. The highest BCUT2D eigenvalue weighted by Gasteiger charge is 2.42. The number of carboxylic acids is 1. The SMILES string of the molecule is CC(=O)NCCN(CCC(=O)O)C(=O)C(F)(F)F. The Morgan fingerprint density at radius 2 is 1.78 bits per heavy atom. The maximum Gasteiger partial charge on any atom is 0.471 e. The highest BCUT2D eigenvalue weighted by atomic mass is 19.4. The molecule has 0 atom stereocenters. The van der Waals surface area contributed by atoms with E-state index in [0.29, 0.717) is 4.90 Å². The number of hydrogen-bond acceptors (Lipinski definition) is 3. The third-order valence-electron chi connectivity index (χ3n) is 1.88. The van der Waals surface area contributed by atoms with Gasteiger partial charge in [0.05, 0.1) is 6.42 Å². The Morgan fingerprint density at radius 3 is 2.17 bits per heavy atom. The van der Waals surface area contributed by atoms with Crippen LogP contribution in [0, 0.1) is 0 Å². The Bertz CT molecular complexity index is 330. The van der Waals surface area contributed by atoms with Crippen LogP contribution in [-0.2, 0) is 14.4 Å². The Morgan fingerprint density at radius 1 is 1.22 bits per heavy atom. The van der Waals surface area contributed by atoms with Gasteiger partial charge in [-0.25, -0.2) is 0 Å². The molecule has 104 valence electrons. The Labute approximate surface area is 101 Å². The first-order valence-electron chi connectivity index (χ1n) is 4.97. The number of aliphatic carboxylic acids is 1. The van der Waals surface area contributed by atoms with E-state index in [9.17, 15) is 27.6 Å². The summed E-state index contributed by atoms with van der Waals surface area (Å²) in [5, 5.41) is 10.6. The molecule has 0 radical (unpaired) electrons. The molecule has 0 bridgehead atoms. The van der Waals surface area contributed by atoms with Crippen molar-refractivity contribution in [2.45, 2.75) is 19.5 Å². The molecule has 0 aromatic carbocycles. The third-order valence-corrected chi connectivity index (χ3v) is 1.88. The normalized spacial score (nSPS) is 10.9. The molecule has 18 heavy (non-hydrogen) atoms. The molecule has 0 aliphatic heterocycles. The van der Waals surface area contributed by atoms with Gasteiger partial charge in [0.15, 0.2) is 0 Å². The van der Waals surface area contributed by atoms with Crippen LogP contribution in [0.3, 0.4) is 0 Å². The van der Waals surface area contributed by atoms with Gasteiger partial charge in [-0.1, -0.05) is 0 Å². The molecule has 9 heteroatoms. The predicted molar refractivity (Wildman–Crippen MR) is 53.6 cm³/mol. The third kappa shape index (κ3) is 6.71. The van der Waals surface area contributed by atoms with E-state index in [4.69, 9.17) is 5.11 Å². The van der Waals surface area contributed by atoms with Gasteiger partial charge in [0.2, 0.25) is 5.91 Å². The number of nitrogens with zero attached hydrogens (tertiary/aromatic N) is 1. The van der Waals surface area contributed by atoms with Gasteiger partial charge >= 0.3 is 18.1 Å². The molecule has 0 spiro atoms. The van der Waals surface area contributed by atoms with Crippen molar-refractivity contribution in [1.82, 2.24) is 10.2 Å². The molecule has 0 saturated heterocycles. The summed E-state index contributed by atoms with van der Waals surface area (Å²) >= 11 is 0. The molecule has 0 aromatic rings. The van der Waals surface area contributed by atoms with E-state index in [1.807, 2.05) is 0 Å². The van der Waals surface area contributed by atoms with Gasteiger partial charge in [-0.15, -0.1) is 0 Å². The second-order valence-electron chi connectivity index (χ2n) is 3.42. The molecular weight excluding hydrogens is 257 g/mol. The van der Waals surface area contributed by atoms with Crippen molar-refractivity contribution in [3.05, 3.63) is 0 Å². The molecule has 0 fully saturated rings. The zero-order valence-electron chi connectivity index (χ0n) is 9.58. The van der Waals surface area contributed by atoms with Gasteiger partial charge in [-0.05, 0) is 0 Å². The topological polar surface area (TPSA) is 86.7 Å². The van der Waals surface area contributed by atoms with Crippen LogP contribution < -0.4 is 5.32 Å². The van der Waals surface area contributed by atoms with Crippen molar-refractivity contribution in [3.63, 3.8) is 0 Å². The monoisotopic (exact) mass is 270 g/mol. The maximum absolute atomic E-state index is 12.2. The molecular formula is C9H13F3N2O4. The van der Waals surface area contributed by atoms with E-state index < -0.39 is 43.5 Å². The van der Waals surface area contributed by atoms with E-state index >= 15 is 0 Å². The van der Waals surface area contributed by atoms with Crippen LogP contribution in [0.5, 0.6) is 0 Å². The molecule has 2 N–H and O–H groups in total. The number of carbonyl (C=O) groups is 3. The Hall–Kier alpha value is -1.80. The highest BCUT2D eigenvalue weighted by Crippen LogP contribution is 2.18. The number of hydrogen-bond donors (Lipinski definition) is 2. The van der Waals surface area contributed by atoms with Crippen molar-refractivity contribution in [3.8, 4) is 0 Å². The summed E-state index contributed by atoms with van der Waals surface area (Å²) in [4.78, 5) is 32.1. The maximum atomic E-state index is 12.2. The second kappa shape index (κ2) is 6.82. The minimum Gasteiger partial charge on any atom is -0.481 e. The van der Waals surface area contributed by atoms with Crippen LogP contribution in [0.2, 0.25) is 0 Å². The summed E-state index contributed by atoms with van der Waals surface area (Å²) in [6.07, 6.45) is -5.66. The number of rotatable bonds is 6. The molecule has 0 aliphatic rings. The van der Waals surface area contributed by atoms with Crippen LogP contribution in [0.25, 0.3) is 0 Å². The number of carbonyl (C=O) groups excluding carboxylic acids is 2.